The molecule has 1 aliphatic rings. The van der Waals surface area contributed by atoms with Crippen molar-refractivity contribution in [1.82, 2.24) is 4.90 Å². The number of nitrogens with zero attached hydrogens (tertiary/aromatic N) is 1. The molecule has 0 saturated carbocycles. The molecule has 1 heterocycles. The van der Waals surface area contributed by atoms with Crippen molar-refractivity contribution in [2.45, 2.75) is 12.0 Å². The SMILES string of the molecule is COc1ccc(NC(=O)[C@@H]2c3cc(OC)c(OC)cc3C(=O)N(C)[C@@H]2c2ccc(OC)c(OC)c2)cc1Cl. The lowest BCUT2D eigenvalue weighted by Gasteiger charge is -2.40. The molecule has 0 unspecified atom stereocenters. The molecule has 38 heavy (non-hydrogen) atoms. The molecular formula is C28H29ClN2O7. The van der Waals surface area contributed by atoms with Crippen LogP contribution in [0.5, 0.6) is 28.7 Å². The second-order valence-corrected chi connectivity index (χ2v) is 8.99. The maximum Gasteiger partial charge on any atom is 0.254 e. The molecule has 200 valence electrons. The molecule has 2 atom stereocenters. The van der Waals surface area contributed by atoms with Crippen LogP contribution >= 0.6 is 11.6 Å². The number of carbonyl (C=O) groups is 2. The van der Waals surface area contributed by atoms with Crippen molar-refractivity contribution in [3.05, 3.63) is 70.2 Å². The molecule has 0 spiro atoms. The molecule has 0 saturated heterocycles. The summed E-state index contributed by atoms with van der Waals surface area (Å²) in [7, 11) is 9.24. The molecule has 0 fully saturated rings. The maximum atomic E-state index is 14.0. The fourth-order valence-electron chi connectivity index (χ4n) is 4.75. The molecular weight excluding hydrogens is 512 g/mol. The molecule has 9 nitrogen and oxygen atoms in total. The summed E-state index contributed by atoms with van der Waals surface area (Å²) in [6.45, 7) is 0. The van der Waals surface area contributed by atoms with Gasteiger partial charge in [0.2, 0.25) is 5.91 Å². The highest BCUT2D eigenvalue weighted by atomic mass is 35.5. The third kappa shape index (κ3) is 4.77. The van der Waals surface area contributed by atoms with Crippen LogP contribution in [0.1, 0.15) is 33.4 Å². The first-order valence-electron chi connectivity index (χ1n) is 11.7. The van der Waals surface area contributed by atoms with Crippen molar-refractivity contribution >= 4 is 29.1 Å². The number of benzene rings is 3. The highest BCUT2D eigenvalue weighted by Crippen LogP contribution is 2.47. The number of hydrogen-bond donors (Lipinski definition) is 1. The number of anilines is 1. The Morgan fingerprint density at radius 1 is 0.789 bits per heavy atom. The minimum atomic E-state index is -0.827. The van der Waals surface area contributed by atoms with E-state index in [9.17, 15) is 9.59 Å². The van der Waals surface area contributed by atoms with E-state index in [2.05, 4.69) is 5.32 Å². The Morgan fingerprint density at radius 2 is 1.37 bits per heavy atom. The number of halogens is 1. The van der Waals surface area contributed by atoms with Gasteiger partial charge < -0.3 is 33.9 Å². The van der Waals surface area contributed by atoms with Gasteiger partial charge in [-0.1, -0.05) is 17.7 Å². The van der Waals surface area contributed by atoms with Crippen molar-refractivity contribution in [1.29, 1.82) is 0 Å². The van der Waals surface area contributed by atoms with Gasteiger partial charge in [-0.3, -0.25) is 9.59 Å². The number of likely N-dealkylation sites (N-methyl/N-ethyl adjacent to an activating group) is 1. The van der Waals surface area contributed by atoms with Gasteiger partial charge in [0.1, 0.15) is 5.75 Å². The molecule has 10 heteroatoms. The van der Waals surface area contributed by atoms with Crippen LogP contribution in [0.2, 0.25) is 5.02 Å². The Morgan fingerprint density at radius 3 is 1.97 bits per heavy atom. The van der Waals surface area contributed by atoms with E-state index in [-0.39, 0.29) is 11.8 Å². The zero-order chi connectivity index (χ0) is 27.6. The Labute approximate surface area is 226 Å². The minimum Gasteiger partial charge on any atom is -0.495 e. The van der Waals surface area contributed by atoms with Gasteiger partial charge in [0, 0.05) is 18.3 Å². The second-order valence-electron chi connectivity index (χ2n) is 8.59. The first-order valence-corrected chi connectivity index (χ1v) is 12.0. The second kappa shape index (κ2) is 11.1. The van der Waals surface area contributed by atoms with Crippen LogP contribution in [0.25, 0.3) is 0 Å². The van der Waals surface area contributed by atoms with E-state index in [1.165, 1.54) is 28.4 Å². The summed E-state index contributed by atoms with van der Waals surface area (Å²) in [5, 5.41) is 3.30. The summed E-state index contributed by atoms with van der Waals surface area (Å²) in [6.07, 6.45) is 0. The van der Waals surface area contributed by atoms with Gasteiger partial charge in [-0.15, -0.1) is 0 Å². The van der Waals surface area contributed by atoms with Crippen molar-refractivity contribution in [2.75, 3.05) is 47.9 Å². The van der Waals surface area contributed by atoms with Gasteiger partial charge in [0.05, 0.1) is 52.5 Å². The Balaban J connectivity index is 1.88. The third-order valence-electron chi connectivity index (χ3n) is 6.63. The maximum absolute atomic E-state index is 14.0. The van der Waals surface area contributed by atoms with E-state index < -0.39 is 12.0 Å². The van der Waals surface area contributed by atoms with Crippen molar-refractivity contribution < 1.29 is 33.3 Å². The molecule has 0 radical (unpaired) electrons. The van der Waals surface area contributed by atoms with Crippen LogP contribution in [0.15, 0.2) is 48.5 Å². The van der Waals surface area contributed by atoms with Gasteiger partial charge in [-0.2, -0.15) is 0 Å². The van der Waals surface area contributed by atoms with Crippen LogP contribution < -0.4 is 29.0 Å². The number of amides is 2. The molecule has 2 amide bonds. The summed E-state index contributed by atoms with van der Waals surface area (Å²) in [5.74, 6) is 0.839. The fraction of sp³-hybridized carbons (Fsp3) is 0.286. The predicted molar refractivity (Wildman–Crippen MR) is 143 cm³/mol. The number of fused-ring (bicyclic) bond motifs is 1. The van der Waals surface area contributed by atoms with Crippen LogP contribution in [-0.4, -0.2) is 59.3 Å². The van der Waals surface area contributed by atoms with Crippen molar-refractivity contribution in [3.8, 4) is 28.7 Å². The average molecular weight is 541 g/mol. The smallest absolute Gasteiger partial charge is 0.254 e. The molecule has 3 aromatic rings. The van der Waals surface area contributed by atoms with Crippen molar-refractivity contribution in [2.24, 2.45) is 0 Å². The van der Waals surface area contributed by atoms with E-state index in [1.807, 2.05) is 6.07 Å². The molecule has 0 bridgehead atoms. The number of methoxy groups -OCH3 is 5. The highest BCUT2D eigenvalue weighted by Gasteiger charge is 2.44. The average Bonchev–Trinajstić information content (AvgIpc) is 2.93. The molecule has 3 aromatic carbocycles. The van der Waals surface area contributed by atoms with E-state index in [1.54, 1.807) is 61.5 Å². The number of ether oxygens (including phenoxy) is 5. The Hall–Kier alpha value is -4.11. The van der Waals surface area contributed by atoms with Crippen LogP contribution in [-0.2, 0) is 4.79 Å². The summed E-state index contributed by atoms with van der Waals surface area (Å²) in [6, 6.07) is 12.9. The Bertz CT molecular complexity index is 1380. The van der Waals surface area contributed by atoms with E-state index >= 15 is 0 Å². The van der Waals surface area contributed by atoms with Gasteiger partial charge in [-0.05, 0) is 53.6 Å². The summed E-state index contributed by atoms with van der Waals surface area (Å²) >= 11 is 6.30. The highest BCUT2D eigenvalue weighted by molar-refractivity contribution is 6.32. The van der Waals surface area contributed by atoms with E-state index in [0.29, 0.717) is 56.1 Å². The van der Waals surface area contributed by atoms with Gasteiger partial charge in [-0.25, -0.2) is 0 Å². The van der Waals surface area contributed by atoms with E-state index in [0.717, 1.165) is 0 Å². The van der Waals surface area contributed by atoms with Crippen LogP contribution in [0, 0.1) is 0 Å². The van der Waals surface area contributed by atoms with Gasteiger partial charge in [0.25, 0.3) is 5.91 Å². The van der Waals surface area contributed by atoms with Crippen molar-refractivity contribution in [3.63, 3.8) is 0 Å². The number of hydrogen-bond acceptors (Lipinski definition) is 7. The first-order chi connectivity index (χ1) is 18.3. The molecule has 4 rings (SSSR count). The zero-order valence-electron chi connectivity index (χ0n) is 22.0. The van der Waals surface area contributed by atoms with E-state index in [4.69, 9.17) is 35.3 Å². The van der Waals surface area contributed by atoms with Gasteiger partial charge >= 0.3 is 0 Å². The van der Waals surface area contributed by atoms with Gasteiger partial charge in [0.15, 0.2) is 23.0 Å². The molecule has 1 N–H and O–H groups in total. The largest absolute Gasteiger partial charge is 0.495 e. The summed E-state index contributed by atoms with van der Waals surface area (Å²) in [5.41, 5.74) is 2.01. The lowest BCUT2D eigenvalue weighted by molar-refractivity contribution is -0.119. The third-order valence-corrected chi connectivity index (χ3v) is 6.92. The fourth-order valence-corrected chi connectivity index (χ4v) is 5.01. The Kier molecular flexibility index (Phi) is 7.87. The standard InChI is InChI=1S/C28H29ClN2O7/c1-31-26(15-7-9-21(35-3)22(11-15)36-4)25(27(32)30-16-8-10-20(34-2)19(29)12-16)17-13-23(37-5)24(38-6)14-18(17)28(31)33/h7-14,25-26H,1-6H3,(H,30,32)/t25-,26-/m1/s1. The van der Waals surface area contributed by atoms with Crippen LogP contribution in [0.3, 0.4) is 0 Å². The topological polar surface area (TPSA) is 95.6 Å². The summed E-state index contributed by atoms with van der Waals surface area (Å²) in [4.78, 5) is 29.2. The normalized spacial score (nSPS) is 16.4. The predicted octanol–water partition coefficient (Wildman–Crippen LogP) is 4.93. The molecule has 0 aliphatic carbocycles. The number of nitrogens with one attached hydrogen (secondary N) is 1. The molecule has 1 aliphatic heterocycles. The quantitative estimate of drug-likeness (QED) is 0.432. The van der Waals surface area contributed by atoms with Crippen LogP contribution in [0.4, 0.5) is 5.69 Å². The summed E-state index contributed by atoms with van der Waals surface area (Å²) < 4.78 is 27.0. The molecule has 0 aromatic heterocycles. The number of rotatable bonds is 8. The first kappa shape index (κ1) is 26.9. The monoisotopic (exact) mass is 540 g/mol. The lowest BCUT2D eigenvalue weighted by atomic mass is 9.79. The minimum absolute atomic E-state index is 0.266. The lowest BCUT2D eigenvalue weighted by Crippen LogP contribution is -2.44. The zero-order valence-corrected chi connectivity index (χ0v) is 22.7. The number of carbonyl (C=O) groups excluding carboxylic acids is 2.